The molecule has 0 aliphatic heterocycles. The quantitative estimate of drug-likeness (QED) is 0.501. The van der Waals surface area contributed by atoms with Crippen LogP contribution in [0.25, 0.3) is 11.3 Å². The van der Waals surface area contributed by atoms with Crippen LogP contribution in [0.2, 0.25) is 5.02 Å². The van der Waals surface area contributed by atoms with E-state index in [0.717, 1.165) is 31.2 Å². The van der Waals surface area contributed by atoms with E-state index in [1.54, 1.807) is 22.9 Å². The fourth-order valence-corrected chi connectivity index (χ4v) is 5.19. The summed E-state index contributed by atoms with van der Waals surface area (Å²) >= 11 is 6.20. The van der Waals surface area contributed by atoms with Crippen LogP contribution < -0.4 is 16.4 Å². The molecule has 0 unspecified atom stereocenters. The predicted octanol–water partition coefficient (Wildman–Crippen LogP) is 4.07. The van der Waals surface area contributed by atoms with Crippen molar-refractivity contribution in [3.05, 3.63) is 81.6 Å². The van der Waals surface area contributed by atoms with Gasteiger partial charge >= 0.3 is 0 Å². The van der Waals surface area contributed by atoms with E-state index in [9.17, 15) is 13.2 Å². The highest BCUT2D eigenvalue weighted by atomic mass is 35.5. The molecule has 0 bridgehead atoms. The Bertz CT molecular complexity index is 1290. The molecule has 4 rings (SSSR count). The van der Waals surface area contributed by atoms with E-state index >= 15 is 0 Å². The van der Waals surface area contributed by atoms with Crippen molar-refractivity contribution >= 4 is 46.4 Å². The Morgan fingerprint density at radius 2 is 1.68 bits per heavy atom. The van der Waals surface area contributed by atoms with Gasteiger partial charge in [0.05, 0.1) is 16.6 Å². The van der Waals surface area contributed by atoms with E-state index in [4.69, 9.17) is 22.5 Å². The molecule has 0 saturated heterocycles. The number of hydrogen-bond donors (Lipinski definition) is 2. The lowest BCUT2D eigenvalue weighted by Gasteiger charge is -2.40. The first kappa shape index (κ1) is 28.3. The van der Waals surface area contributed by atoms with Crippen molar-refractivity contribution in [2.75, 3.05) is 6.54 Å². The summed E-state index contributed by atoms with van der Waals surface area (Å²) in [4.78, 5) is 12.6. The predicted molar refractivity (Wildman–Crippen MR) is 139 cm³/mol. The van der Waals surface area contributed by atoms with Crippen molar-refractivity contribution in [1.82, 2.24) is 9.78 Å². The second-order valence-corrected chi connectivity index (χ2v) is 10.3. The molecule has 2 aromatic carbocycles. The molecular formula is C23H27Cl3N4O3S. The molecule has 1 aliphatic rings. The Hall–Kier alpha value is -1.94. The third kappa shape index (κ3) is 5.82. The number of rotatable bonds is 5. The summed E-state index contributed by atoms with van der Waals surface area (Å²) in [6.45, 7) is 0.513. The van der Waals surface area contributed by atoms with Gasteiger partial charge in [0.25, 0.3) is 5.56 Å². The minimum Gasteiger partial charge on any atom is -0.330 e. The van der Waals surface area contributed by atoms with Gasteiger partial charge < -0.3 is 5.73 Å². The Kier molecular flexibility index (Phi) is 9.32. The first-order valence-electron chi connectivity index (χ1n) is 10.4. The highest BCUT2D eigenvalue weighted by molar-refractivity contribution is 7.89. The Balaban J connectivity index is 0.00000204. The number of halogens is 3. The molecule has 1 aliphatic carbocycles. The van der Waals surface area contributed by atoms with Crippen molar-refractivity contribution in [1.29, 1.82) is 0 Å². The summed E-state index contributed by atoms with van der Waals surface area (Å²) in [6, 6.07) is 17.1. The molecule has 11 heteroatoms. The van der Waals surface area contributed by atoms with E-state index in [1.165, 1.54) is 18.2 Å². The average molecular weight is 546 g/mol. The molecule has 1 saturated carbocycles. The van der Waals surface area contributed by atoms with Crippen molar-refractivity contribution in [3.63, 3.8) is 0 Å². The number of aromatic nitrogens is 2. The summed E-state index contributed by atoms with van der Waals surface area (Å²) < 4.78 is 24.5. The molecule has 0 atom stereocenters. The van der Waals surface area contributed by atoms with Crippen LogP contribution in [0.15, 0.2) is 70.4 Å². The van der Waals surface area contributed by atoms with Crippen LogP contribution in [-0.4, -0.2) is 24.7 Å². The van der Waals surface area contributed by atoms with Crippen molar-refractivity contribution < 1.29 is 8.42 Å². The van der Waals surface area contributed by atoms with Crippen LogP contribution >= 0.6 is 36.4 Å². The largest absolute Gasteiger partial charge is 0.330 e. The summed E-state index contributed by atoms with van der Waals surface area (Å²) in [5.74, 6) is 0. The van der Waals surface area contributed by atoms with E-state index in [0.29, 0.717) is 22.8 Å². The van der Waals surface area contributed by atoms with Gasteiger partial charge in [-0.25, -0.2) is 18.2 Å². The molecule has 0 amide bonds. The number of nitrogens with zero attached hydrogens (tertiary/aromatic N) is 2. The van der Waals surface area contributed by atoms with Gasteiger partial charge in [0, 0.05) is 28.6 Å². The zero-order valence-corrected chi connectivity index (χ0v) is 21.5. The second kappa shape index (κ2) is 11.2. The monoisotopic (exact) mass is 544 g/mol. The normalized spacial score (nSPS) is 20.1. The first-order valence-corrected chi connectivity index (χ1v) is 12.3. The van der Waals surface area contributed by atoms with Gasteiger partial charge in [-0.05, 0) is 61.6 Å². The Labute approximate surface area is 216 Å². The van der Waals surface area contributed by atoms with E-state index in [2.05, 4.69) is 11.2 Å². The van der Waals surface area contributed by atoms with Gasteiger partial charge in [-0.2, -0.15) is 5.10 Å². The standard InChI is InChI=1S/C23H25ClN4O3S.2ClH/c24-18-3-1-2-17(14-18)23(15-25)12-10-19(11-13-23)28-22(29)9-8-21(27-28)16-4-6-20(7-5-16)32(26,30)31;;/h1-9,14,19H,10-13,15,25H2,(H2,26,30,31);2*1H/t19-,23-;;. The lowest BCUT2D eigenvalue weighted by Crippen LogP contribution is -2.41. The SMILES string of the molecule is Cl.Cl.NC[C@]1(c2cccc(Cl)c2)CC[C@H](n2nc(-c3ccc(S(N)(=O)=O)cc3)ccc2=O)CC1. The molecule has 1 heterocycles. The molecule has 3 aromatic rings. The van der Waals surface area contributed by atoms with E-state index in [1.807, 2.05) is 18.2 Å². The van der Waals surface area contributed by atoms with Crippen molar-refractivity contribution in [2.45, 2.75) is 42.0 Å². The molecule has 1 fully saturated rings. The number of sulfonamides is 1. The lowest BCUT2D eigenvalue weighted by molar-refractivity contribution is 0.222. The van der Waals surface area contributed by atoms with Crippen molar-refractivity contribution in [3.8, 4) is 11.3 Å². The van der Waals surface area contributed by atoms with Crippen LogP contribution in [-0.2, 0) is 15.4 Å². The zero-order valence-electron chi connectivity index (χ0n) is 18.3. The minimum atomic E-state index is -3.77. The van der Waals surface area contributed by atoms with Crippen LogP contribution in [0.1, 0.15) is 37.3 Å². The van der Waals surface area contributed by atoms with Gasteiger partial charge in [0.15, 0.2) is 0 Å². The number of nitrogens with two attached hydrogens (primary N) is 2. The maximum atomic E-state index is 12.6. The van der Waals surface area contributed by atoms with Crippen LogP contribution in [0, 0.1) is 0 Å². The first-order chi connectivity index (χ1) is 15.2. The van der Waals surface area contributed by atoms with Gasteiger partial charge in [0.1, 0.15) is 0 Å². The summed E-state index contributed by atoms with van der Waals surface area (Å²) in [5, 5.41) is 10.4. The highest BCUT2D eigenvalue weighted by Crippen LogP contribution is 2.42. The molecule has 4 N–H and O–H groups in total. The number of hydrogen-bond acceptors (Lipinski definition) is 5. The molecule has 7 nitrogen and oxygen atoms in total. The van der Waals surface area contributed by atoms with E-state index in [-0.39, 0.29) is 46.7 Å². The van der Waals surface area contributed by atoms with Gasteiger partial charge in [-0.15, -0.1) is 24.8 Å². The van der Waals surface area contributed by atoms with Gasteiger partial charge in [-0.1, -0.05) is 35.9 Å². The van der Waals surface area contributed by atoms with Crippen LogP contribution in [0.3, 0.4) is 0 Å². The fraction of sp³-hybridized carbons (Fsp3) is 0.304. The van der Waals surface area contributed by atoms with Crippen LogP contribution in [0.5, 0.6) is 0 Å². The summed E-state index contributed by atoms with van der Waals surface area (Å²) in [7, 11) is -3.77. The number of benzene rings is 2. The molecule has 184 valence electrons. The molecular weight excluding hydrogens is 519 g/mol. The topological polar surface area (TPSA) is 121 Å². The number of primary sulfonamides is 1. The third-order valence-electron chi connectivity index (χ3n) is 6.39. The highest BCUT2D eigenvalue weighted by Gasteiger charge is 2.37. The summed E-state index contributed by atoms with van der Waals surface area (Å²) in [5.41, 5.74) is 8.31. The summed E-state index contributed by atoms with van der Waals surface area (Å²) in [6.07, 6.45) is 3.20. The van der Waals surface area contributed by atoms with Crippen molar-refractivity contribution in [2.24, 2.45) is 10.9 Å². The minimum absolute atomic E-state index is 0. The zero-order chi connectivity index (χ0) is 22.9. The molecule has 1 aromatic heterocycles. The maximum absolute atomic E-state index is 12.6. The third-order valence-corrected chi connectivity index (χ3v) is 7.55. The van der Waals surface area contributed by atoms with Crippen LogP contribution in [0.4, 0.5) is 0 Å². The van der Waals surface area contributed by atoms with Gasteiger partial charge in [0.2, 0.25) is 10.0 Å². The maximum Gasteiger partial charge on any atom is 0.267 e. The Morgan fingerprint density at radius 1 is 1.03 bits per heavy atom. The average Bonchev–Trinajstić information content (AvgIpc) is 2.79. The molecule has 0 spiro atoms. The Morgan fingerprint density at radius 3 is 2.24 bits per heavy atom. The fourth-order valence-electron chi connectivity index (χ4n) is 4.48. The smallest absolute Gasteiger partial charge is 0.267 e. The molecule has 34 heavy (non-hydrogen) atoms. The molecule has 0 radical (unpaired) electrons. The lowest BCUT2D eigenvalue weighted by atomic mass is 9.68. The van der Waals surface area contributed by atoms with E-state index < -0.39 is 10.0 Å². The second-order valence-electron chi connectivity index (χ2n) is 8.30. The van der Waals surface area contributed by atoms with Gasteiger partial charge in [-0.3, -0.25) is 4.79 Å².